The Bertz CT molecular complexity index is 1100. The summed E-state index contributed by atoms with van der Waals surface area (Å²) >= 11 is 0. The highest BCUT2D eigenvalue weighted by Gasteiger charge is 2.15. The molecule has 0 fully saturated rings. The van der Waals surface area contributed by atoms with E-state index in [1.54, 1.807) is 10.6 Å². The molecule has 2 aromatic heterocycles. The Labute approximate surface area is 150 Å². The fourth-order valence-electron chi connectivity index (χ4n) is 2.90. The van der Waals surface area contributed by atoms with Crippen LogP contribution in [0.25, 0.3) is 23.0 Å². The Morgan fingerprint density at radius 2 is 1.77 bits per heavy atom. The van der Waals surface area contributed by atoms with Crippen LogP contribution in [0.5, 0.6) is 0 Å². The molecule has 0 radical (unpaired) electrons. The Kier molecular flexibility index (Phi) is 4.19. The van der Waals surface area contributed by atoms with E-state index >= 15 is 0 Å². The lowest BCUT2D eigenvalue weighted by Crippen LogP contribution is -2.21. The molecule has 0 bridgehead atoms. The molecule has 4 rings (SSSR count). The number of benzene rings is 2. The van der Waals surface area contributed by atoms with Crippen LogP contribution < -0.4 is 5.56 Å². The third kappa shape index (κ3) is 3.19. The van der Waals surface area contributed by atoms with Gasteiger partial charge in [0.2, 0.25) is 5.82 Å². The Morgan fingerprint density at radius 1 is 0.962 bits per heavy atom. The van der Waals surface area contributed by atoms with Crippen LogP contribution in [0.4, 0.5) is 0 Å². The number of rotatable bonds is 4. The van der Waals surface area contributed by atoms with Crippen molar-refractivity contribution in [2.24, 2.45) is 0 Å². The normalized spacial score (nSPS) is 10.8. The quantitative estimate of drug-likeness (QED) is 0.563. The lowest BCUT2D eigenvalue weighted by atomic mass is 10.1. The van der Waals surface area contributed by atoms with Crippen LogP contribution >= 0.6 is 0 Å². The highest BCUT2D eigenvalue weighted by molar-refractivity contribution is 5.57. The second-order valence-corrected chi connectivity index (χ2v) is 6.11. The average Bonchev–Trinajstić information content (AvgIpc) is 3.14. The second-order valence-electron chi connectivity index (χ2n) is 6.11. The highest BCUT2D eigenvalue weighted by Crippen LogP contribution is 2.22. The maximum absolute atomic E-state index is 12.5. The molecule has 0 aliphatic carbocycles. The molecule has 5 heteroatoms. The van der Waals surface area contributed by atoms with Crippen LogP contribution in [-0.2, 0) is 6.54 Å². The Hall–Kier alpha value is -3.47. The molecular formula is C21H17N3O2. The molecule has 4 aromatic rings. The topological polar surface area (TPSA) is 60.9 Å². The van der Waals surface area contributed by atoms with E-state index in [1.807, 2.05) is 61.5 Å². The van der Waals surface area contributed by atoms with Crippen LogP contribution in [0.15, 0.2) is 82.1 Å². The first kappa shape index (κ1) is 16.0. The molecule has 0 spiro atoms. The Morgan fingerprint density at radius 3 is 2.58 bits per heavy atom. The van der Waals surface area contributed by atoms with Gasteiger partial charge in [-0.15, -0.1) is 0 Å². The van der Waals surface area contributed by atoms with E-state index < -0.39 is 0 Å². The van der Waals surface area contributed by atoms with Crippen molar-refractivity contribution in [2.75, 3.05) is 0 Å². The van der Waals surface area contributed by atoms with Gasteiger partial charge >= 0.3 is 0 Å². The maximum Gasteiger partial charge on any atom is 0.274 e. The minimum absolute atomic E-state index is 0.108. The highest BCUT2D eigenvalue weighted by atomic mass is 16.5. The molecule has 2 heterocycles. The molecule has 0 amide bonds. The van der Waals surface area contributed by atoms with E-state index in [4.69, 9.17) is 4.52 Å². The standard InChI is InChI=1S/C21H17N3O2/c1-15-7-5-8-16(13-15)14-24-18(11-6-12-19(24)25)21-22-20(23-26-21)17-9-3-2-4-10-17/h2-13H,14H2,1H3. The molecule has 0 aliphatic rings. The van der Waals surface area contributed by atoms with Crippen LogP contribution in [0.2, 0.25) is 0 Å². The zero-order valence-electron chi connectivity index (χ0n) is 14.3. The monoisotopic (exact) mass is 343 g/mol. The smallest absolute Gasteiger partial charge is 0.274 e. The molecule has 0 atom stereocenters. The first-order valence-corrected chi connectivity index (χ1v) is 8.35. The van der Waals surface area contributed by atoms with Gasteiger partial charge in [-0.25, -0.2) is 0 Å². The fourth-order valence-corrected chi connectivity index (χ4v) is 2.90. The predicted molar refractivity (Wildman–Crippen MR) is 99.7 cm³/mol. The van der Waals surface area contributed by atoms with Crippen LogP contribution in [0.3, 0.4) is 0 Å². The summed E-state index contributed by atoms with van der Waals surface area (Å²) in [6, 6.07) is 22.7. The van der Waals surface area contributed by atoms with Gasteiger partial charge in [0.05, 0.1) is 6.54 Å². The summed E-state index contributed by atoms with van der Waals surface area (Å²) in [6.45, 7) is 2.47. The lowest BCUT2D eigenvalue weighted by molar-refractivity contribution is 0.428. The molecular weight excluding hydrogens is 326 g/mol. The van der Waals surface area contributed by atoms with Crippen molar-refractivity contribution in [3.8, 4) is 23.0 Å². The van der Waals surface area contributed by atoms with Crippen molar-refractivity contribution in [1.29, 1.82) is 0 Å². The van der Waals surface area contributed by atoms with Gasteiger partial charge in [-0.3, -0.25) is 9.36 Å². The van der Waals surface area contributed by atoms with E-state index in [9.17, 15) is 4.79 Å². The van der Waals surface area contributed by atoms with E-state index in [2.05, 4.69) is 16.2 Å². The number of hydrogen-bond donors (Lipinski definition) is 0. The SMILES string of the molecule is Cc1cccc(Cn2c(-c3nc(-c4ccccc4)no3)cccc2=O)c1. The summed E-state index contributed by atoms with van der Waals surface area (Å²) in [6.07, 6.45) is 0. The van der Waals surface area contributed by atoms with E-state index in [0.717, 1.165) is 16.7 Å². The molecule has 0 saturated carbocycles. The molecule has 0 saturated heterocycles. The van der Waals surface area contributed by atoms with Crippen molar-refractivity contribution in [3.05, 3.63) is 94.3 Å². The van der Waals surface area contributed by atoms with E-state index in [-0.39, 0.29) is 5.56 Å². The van der Waals surface area contributed by atoms with Crippen molar-refractivity contribution >= 4 is 0 Å². The van der Waals surface area contributed by atoms with Gasteiger partial charge < -0.3 is 4.52 Å². The molecule has 0 N–H and O–H groups in total. The van der Waals surface area contributed by atoms with Crippen LogP contribution in [0.1, 0.15) is 11.1 Å². The summed E-state index contributed by atoms with van der Waals surface area (Å²) in [5.41, 5.74) is 3.56. The van der Waals surface area contributed by atoms with Crippen LogP contribution in [0, 0.1) is 6.92 Å². The van der Waals surface area contributed by atoms with Gasteiger partial charge in [0.15, 0.2) is 0 Å². The van der Waals surface area contributed by atoms with Gasteiger partial charge in [0, 0.05) is 11.6 Å². The zero-order valence-corrected chi connectivity index (χ0v) is 14.3. The first-order valence-electron chi connectivity index (χ1n) is 8.35. The molecule has 5 nitrogen and oxygen atoms in total. The third-order valence-electron chi connectivity index (χ3n) is 4.15. The number of pyridine rings is 1. The summed E-state index contributed by atoms with van der Waals surface area (Å²) in [7, 11) is 0. The molecule has 0 aliphatic heterocycles. The zero-order chi connectivity index (χ0) is 17.9. The summed E-state index contributed by atoms with van der Waals surface area (Å²) < 4.78 is 7.09. The largest absolute Gasteiger partial charge is 0.332 e. The molecule has 2 aromatic carbocycles. The molecule has 128 valence electrons. The second kappa shape index (κ2) is 6.80. The summed E-state index contributed by atoms with van der Waals surface area (Å²) in [4.78, 5) is 16.9. The fraction of sp³-hybridized carbons (Fsp3) is 0.0952. The lowest BCUT2D eigenvalue weighted by Gasteiger charge is -2.10. The van der Waals surface area contributed by atoms with Gasteiger partial charge in [0.1, 0.15) is 5.69 Å². The number of hydrogen-bond acceptors (Lipinski definition) is 4. The predicted octanol–water partition coefficient (Wildman–Crippen LogP) is 3.92. The van der Waals surface area contributed by atoms with E-state index in [1.165, 1.54) is 6.07 Å². The Balaban J connectivity index is 1.75. The minimum Gasteiger partial charge on any atom is -0.332 e. The van der Waals surface area contributed by atoms with Gasteiger partial charge in [0.25, 0.3) is 11.4 Å². The van der Waals surface area contributed by atoms with Crippen molar-refractivity contribution in [3.63, 3.8) is 0 Å². The first-order chi connectivity index (χ1) is 12.7. The number of nitrogens with zero attached hydrogens (tertiary/aromatic N) is 3. The van der Waals surface area contributed by atoms with Crippen LogP contribution in [-0.4, -0.2) is 14.7 Å². The maximum atomic E-state index is 12.5. The number of aryl methyl sites for hydroxylation is 1. The average molecular weight is 343 g/mol. The van der Waals surface area contributed by atoms with Crippen molar-refractivity contribution < 1.29 is 4.52 Å². The van der Waals surface area contributed by atoms with Crippen molar-refractivity contribution in [2.45, 2.75) is 13.5 Å². The summed E-state index contributed by atoms with van der Waals surface area (Å²) in [5.74, 6) is 0.827. The number of aromatic nitrogens is 3. The van der Waals surface area contributed by atoms with E-state index in [0.29, 0.717) is 24.0 Å². The van der Waals surface area contributed by atoms with Gasteiger partial charge in [-0.2, -0.15) is 4.98 Å². The minimum atomic E-state index is -0.108. The third-order valence-corrected chi connectivity index (χ3v) is 4.15. The molecule has 0 unspecified atom stereocenters. The summed E-state index contributed by atoms with van der Waals surface area (Å²) in [5, 5.41) is 4.05. The van der Waals surface area contributed by atoms with Crippen molar-refractivity contribution in [1.82, 2.24) is 14.7 Å². The molecule has 26 heavy (non-hydrogen) atoms. The van der Waals surface area contributed by atoms with Gasteiger partial charge in [-0.05, 0) is 18.6 Å². The van der Waals surface area contributed by atoms with Gasteiger partial charge in [-0.1, -0.05) is 71.4 Å².